The van der Waals surface area contributed by atoms with Crippen molar-refractivity contribution in [1.29, 1.82) is 0 Å². The third-order valence-electron chi connectivity index (χ3n) is 4.17. The zero-order valence-electron chi connectivity index (χ0n) is 12.1. The van der Waals surface area contributed by atoms with Crippen LogP contribution in [-0.2, 0) is 0 Å². The first-order valence-electron chi connectivity index (χ1n) is 7.33. The van der Waals surface area contributed by atoms with Crippen molar-refractivity contribution >= 4 is 5.95 Å². The molecule has 5 nitrogen and oxygen atoms in total. The lowest BCUT2D eigenvalue weighted by Gasteiger charge is -2.32. The molecule has 6 heteroatoms. The maximum atomic E-state index is 13.8. The number of nitrogens with two attached hydrogens (primary N) is 1. The average molecular weight is 289 g/mol. The van der Waals surface area contributed by atoms with Crippen LogP contribution in [0.4, 0.5) is 10.3 Å². The summed E-state index contributed by atoms with van der Waals surface area (Å²) in [6.45, 7) is 3.84. The Morgan fingerprint density at radius 1 is 1.33 bits per heavy atom. The largest absolute Gasteiger partial charge is 0.340 e. The number of anilines is 1. The van der Waals surface area contributed by atoms with E-state index in [1.54, 1.807) is 18.2 Å². The van der Waals surface area contributed by atoms with Crippen LogP contribution in [0.25, 0.3) is 11.4 Å². The summed E-state index contributed by atoms with van der Waals surface area (Å²) < 4.78 is 13.8. The number of benzene rings is 1. The zero-order valence-corrected chi connectivity index (χ0v) is 12.1. The molecule has 0 bridgehead atoms. The number of nitrogens with one attached hydrogen (secondary N) is 1. The highest BCUT2D eigenvalue weighted by Gasteiger charge is 2.24. The Morgan fingerprint density at radius 2 is 2.05 bits per heavy atom. The number of hydrogen-bond acceptors (Lipinski definition) is 4. The maximum Gasteiger partial charge on any atom is 0.245 e. The normalized spacial score (nSPS) is 18.0. The van der Waals surface area contributed by atoms with Gasteiger partial charge in [-0.05, 0) is 37.8 Å². The van der Waals surface area contributed by atoms with Crippen molar-refractivity contribution in [3.05, 3.63) is 30.1 Å². The molecule has 0 amide bonds. The Hall–Kier alpha value is -1.95. The summed E-state index contributed by atoms with van der Waals surface area (Å²) in [5, 5.41) is 7.05. The molecule has 1 fully saturated rings. The van der Waals surface area contributed by atoms with Crippen molar-refractivity contribution in [2.75, 3.05) is 18.0 Å². The first-order valence-corrected chi connectivity index (χ1v) is 7.33. The van der Waals surface area contributed by atoms with Crippen molar-refractivity contribution < 1.29 is 4.39 Å². The van der Waals surface area contributed by atoms with Crippen molar-refractivity contribution in [1.82, 2.24) is 15.2 Å². The van der Waals surface area contributed by atoms with E-state index in [0.29, 0.717) is 23.3 Å². The van der Waals surface area contributed by atoms with Gasteiger partial charge in [-0.15, -0.1) is 5.10 Å². The van der Waals surface area contributed by atoms with Crippen LogP contribution in [0.1, 0.15) is 19.8 Å². The summed E-state index contributed by atoms with van der Waals surface area (Å²) in [5.74, 6) is 1.37. The van der Waals surface area contributed by atoms with Gasteiger partial charge < -0.3 is 10.6 Å². The Balaban J connectivity index is 1.73. The number of halogens is 1. The minimum atomic E-state index is -0.295. The number of H-pyrrole nitrogens is 1. The van der Waals surface area contributed by atoms with Crippen LogP contribution in [0.15, 0.2) is 24.3 Å². The summed E-state index contributed by atoms with van der Waals surface area (Å²) >= 11 is 0. The van der Waals surface area contributed by atoms with Crippen molar-refractivity contribution in [2.45, 2.75) is 25.8 Å². The van der Waals surface area contributed by atoms with Gasteiger partial charge in [-0.25, -0.2) is 4.39 Å². The third kappa shape index (κ3) is 2.90. The molecule has 1 saturated heterocycles. The molecule has 112 valence electrons. The minimum absolute atomic E-state index is 0.230. The second kappa shape index (κ2) is 5.81. The second-order valence-corrected chi connectivity index (χ2v) is 5.65. The fourth-order valence-electron chi connectivity index (χ4n) is 2.79. The van der Waals surface area contributed by atoms with E-state index in [4.69, 9.17) is 5.73 Å². The number of aromatic nitrogens is 3. The Morgan fingerprint density at radius 3 is 2.71 bits per heavy atom. The van der Waals surface area contributed by atoms with E-state index in [9.17, 15) is 4.39 Å². The molecule has 2 heterocycles. The van der Waals surface area contributed by atoms with Crippen LogP contribution in [0.3, 0.4) is 0 Å². The molecule has 2 aromatic rings. The molecule has 21 heavy (non-hydrogen) atoms. The monoisotopic (exact) mass is 289 g/mol. The van der Waals surface area contributed by atoms with Crippen molar-refractivity contribution in [3.63, 3.8) is 0 Å². The highest BCUT2D eigenvalue weighted by atomic mass is 19.1. The first-order chi connectivity index (χ1) is 10.1. The Labute approximate surface area is 123 Å². The van der Waals surface area contributed by atoms with Crippen LogP contribution >= 0.6 is 0 Å². The molecule has 3 rings (SSSR count). The van der Waals surface area contributed by atoms with Crippen LogP contribution < -0.4 is 10.6 Å². The minimum Gasteiger partial charge on any atom is -0.340 e. The molecule has 3 N–H and O–H groups in total. The predicted octanol–water partition coefficient (Wildman–Crippen LogP) is 2.17. The SMILES string of the molecule is CC(N)C1CCN(c2n[nH]c(-c3ccccc3F)n2)CC1. The summed E-state index contributed by atoms with van der Waals surface area (Å²) in [7, 11) is 0. The summed E-state index contributed by atoms with van der Waals surface area (Å²) in [5.41, 5.74) is 6.40. The summed E-state index contributed by atoms with van der Waals surface area (Å²) in [4.78, 5) is 6.55. The molecule has 1 aliphatic rings. The molecular weight excluding hydrogens is 269 g/mol. The van der Waals surface area contributed by atoms with Crippen molar-refractivity contribution in [2.24, 2.45) is 11.7 Å². The maximum absolute atomic E-state index is 13.8. The fraction of sp³-hybridized carbons (Fsp3) is 0.467. The lowest BCUT2D eigenvalue weighted by Crippen LogP contribution is -2.40. The molecule has 1 aliphatic heterocycles. The van der Waals surface area contributed by atoms with Gasteiger partial charge in [-0.2, -0.15) is 4.98 Å². The number of nitrogens with zero attached hydrogens (tertiary/aromatic N) is 3. The summed E-state index contributed by atoms with van der Waals surface area (Å²) in [6, 6.07) is 6.80. The number of rotatable bonds is 3. The summed E-state index contributed by atoms with van der Waals surface area (Å²) in [6.07, 6.45) is 2.09. The van der Waals surface area contributed by atoms with E-state index in [0.717, 1.165) is 25.9 Å². The molecular formula is C15H20FN5. The number of aromatic amines is 1. The number of hydrogen-bond donors (Lipinski definition) is 2. The van der Waals surface area contributed by atoms with E-state index in [-0.39, 0.29) is 11.9 Å². The molecule has 1 atom stereocenters. The number of piperidine rings is 1. The van der Waals surface area contributed by atoms with Gasteiger partial charge in [0.2, 0.25) is 5.95 Å². The van der Waals surface area contributed by atoms with Crippen LogP contribution in [0.5, 0.6) is 0 Å². The average Bonchev–Trinajstić information content (AvgIpc) is 2.97. The molecule has 1 aromatic carbocycles. The Kier molecular flexibility index (Phi) is 3.88. The molecule has 1 unspecified atom stereocenters. The molecule has 0 radical (unpaired) electrons. The van der Waals surface area contributed by atoms with Gasteiger partial charge in [0.25, 0.3) is 0 Å². The lowest BCUT2D eigenvalue weighted by atomic mass is 9.91. The molecule has 0 aliphatic carbocycles. The lowest BCUT2D eigenvalue weighted by molar-refractivity contribution is 0.352. The van der Waals surface area contributed by atoms with Gasteiger partial charge >= 0.3 is 0 Å². The highest BCUT2D eigenvalue weighted by molar-refractivity contribution is 5.57. The quantitative estimate of drug-likeness (QED) is 0.908. The van der Waals surface area contributed by atoms with Gasteiger partial charge in [0.15, 0.2) is 5.82 Å². The topological polar surface area (TPSA) is 70.8 Å². The van der Waals surface area contributed by atoms with Crippen molar-refractivity contribution in [3.8, 4) is 11.4 Å². The zero-order chi connectivity index (χ0) is 14.8. The van der Waals surface area contributed by atoms with E-state index >= 15 is 0 Å². The Bertz CT molecular complexity index is 602. The van der Waals surface area contributed by atoms with E-state index in [1.165, 1.54) is 6.07 Å². The molecule has 0 spiro atoms. The van der Waals surface area contributed by atoms with Crippen LogP contribution in [0, 0.1) is 11.7 Å². The smallest absolute Gasteiger partial charge is 0.245 e. The fourth-order valence-corrected chi connectivity index (χ4v) is 2.79. The highest BCUT2D eigenvalue weighted by Crippen LogP contribution is 2.25. The van der Waals surface area contributed by atoms with Crippen LogP contribution in [0.2, 0.25) is 0 Å². The van der Waals surface area contributed by atoms with E-state index in [1.807, 2.05) is 0 Å². The van der Waals surface area contributed by atoms with E-state index in [2.05, 4.69) is 27.0 Å². The van der Waals surface area contributed by atoms with E-state index < -0.39 is 0 Å². The standard InChI is InChI=1S/C15H20FN5/c1-10(17)11-6-8-21(9-7-11)15-18-14(19-20-15)12-4-2-3-5-13(12)16/h2-5,10-11H,6-9,17H2,1H3,(H,18,19,20). The third-order valence-corrected chi connectivity index (χ3v) is 4.17. The van der Waals surface area contributed by atoms with Gasteiger partial charge in [-0.3, -0.25) is 5.10 Å². The van der Waals surface area contributed by atoms with Gasteiger partial charge in [0, 0.05) is 19.1 Å². The molecule has 1 aromatic heterocycles. The van der Waals surface area contributed by atoms with Crippen LogP contribution in [-0.4, -0.2) is 34.3 Å². The van der Waals surface area contributed by atoms with Gasteiger partial charge in [0.1, 0.15) is 5.82 Å². The second-order valence-electron chi connectivity index (χ2n) is 5.65. The molecule has 0 saturated carbocycles. The predicted molar refractivity (Wildman–Crippen MR) is 80.4 cm³/mol. The van der Waals surface area contributed by atoms with Gasteiger partial charge in [0.05, 0.1) is 5.56 Å². The van der Waals surface area contributed by atoms with Gasteiger partial charge in [-0.1, -0.05) is 12.1 Å². The first kappa shape index (κ1) is 14.0.